The maximum atomic E-state index is 13.5. The molecular weight excluding hydrogens is 179 g/mol. The molecule has 0 radical (unpaired) electrons. The summed E-state index contributed by atoms with van der Waals surface area (Å²) in [6, 6.07) is 1.95. The molecule has 0 unspecified atom stereocenters. The van der Waals surface area contributed by atoms with Gasteiger partial charge < -0.3 is 4.90 Å². The number of hydrogen-bond donors (Lipinski definition) is 0. The van der Waals surface area contributed by atoms with Crippen molar-refractivity contribution in [3.05, 3.63) is 23.3 Å². The summed E-state index contributed by atoms with van der Waals surface area (Å²) in [6.07, 6.45) is 0.734. The van der Waals surface area contributed by atoms with Crippen LogP contribution >= 0.6 is 0 Å². The molecule has 0 bridgehead atoms. The third kappa shape index (κ3) is 1.19. The second-order valence-corrected chi connectivity index (χ2v) is 4.60. The number of fused-ring (bicyclic) bond motifs is 1. The quantitative estimate of drug-likeness (QED) is 0.589. The van der Waals surface area contributed by atoms with Crippen molar-refractivity contribution in [3.8, 4) is 0 Å². The van der Waals surface area contributed by atoms with E-state index in [0.717, 1.165) is 23.4 Å². The van der Waals surface area contributed by atoms with Crippen LogP contribution in [-0.2, 0) is 6.42 Å². The van der Waals surface area contributed by atoms with Crippen LogP contribution in [0.5, 0.6) is 0 Å². The van der Waals surface area contributed by atoms with E-state index in [-0.39, 0.29) is 11.5 Å². The van der Waals surface area contributed by atoms with E-state index in [9.17, 15) is 4.39 Å². The molecule has 0 fully saturated rings. The fourth-order valence-corrected chi connectivity index (χ4v) is 1.99. The Morgan fingerprint density at radius 2 is 2.14 bits per heavy atom. The van der Waals surface area contributed by atoms with Crippen LogP contribution in [0.2, 0.25) is 0 Å². The number of hydrogen-bond acceptors (Lipinski definition) is 2. The number of likely N-dealkylation sites (N-methyl/N-ethyl adjacent to an activating group) is 1. The van der Waals surface area contributed by atoms with Gasteiger partial charge in [0.05, 0.1) is 0 Å². The molecule has 2 rings (SSSR count). The normalized spacial score (nSPS) is 18.5. The van der Waals surface area contributed by atoms with Crippen molar-refractivity contribution in [1.29, 1.82) is 0 Å². The minimum atomic E-state index is -0.308. The highest BCUT2D eigenvalue weighted by Crippen LogP contribution is 2.38. The molecule has 2 nitrogen and oxygen atoms in total. The molecular formula is C11H15FN2. The summed E-state index contributed by atoms with van der Waals surface area (Å²) in [7, 11) is 2.00. The van der Waals surface area contributed by atoms with Gasteiger partial charge in [-0.2, -0.15) is 4.39 Å². The van der Waals surface area contributed by atoms with E-state index in [0.29, 0.717) is 0 Å². The van der Waals surface area contributed by atoms with Gasteiger partial charge in [0.2, 0.25) is 5.95 Å². The molecule has 3 heteroatoms. The Morgan fingerprint density at radius 1 is 1.50 bits per heavy atom. The van der Waals surface area contributed by atoms with E-state index in [4.69, 9.17) is 0 Å². The summed E-state index contributed by atoms with van der Waals surface area (Å²) >= 11 is 0. The lowest BCUT2D eigenvalue weighted by Crippen LogP contribution is -2.37. The first-order chi connectivity index (χ1) is 6.42. The van der Waals surface area contributed by atoms with Crippen molar-refractivity contribution in [2.75, 3.05) is 11.9 Å². The van der Waals surface area contributed by atoms with E-state index in [1.807, 2.05) is 20.0 Å². The number of aromatic nitrogens is 1. The van der Waals surface area contributed by atoms with Crippen LogP contribution < -0.4 is 4.90 Å². The monoisotopic (exact) mass is 194 g/mol. The summed E-state index contributed by atoms with van der Waals surface area (Å²) in [5, 5.41) is 0. The minimum absolute atomic E-state index is 0.00134. The average molecular weight is 194 g/mol. The maximum absolute atomic E-state index is 13.5. The molecule has 0 aromatic carbocycles. The molecule has 0 aliphatic carbocycles. The molecule has 76 valence electrons. The molecule has 1 aromatic heterocycles. The third-order valence-corrected chi connectivity index (χ3v) is 3.06. The number of halogens is 1. The first-order valence-electron chi connectivity index (χ1n) is 4.82. The largest absolute Gasteiger partial charge is 0.369 e. The van der Waals surface area contributed by atoms with Crippen molar-refractivity contribution >= 4 is 5.69 Å². The maximum Gasteiger partial charge on any atom is 0.218 e. The van der Waals surface area contributed by atoms with Gasteiger partial charge in [0.15, 0.2) is 0 Å². The highest BCUT2D eigenvalue weighted by atomic mass is 19.1. The Kier molecular flexibility index (Phi) is 1.81. The van der Waals surface area contributed by atoms with Crippen molar-refractivity contribution < 1.29 is 4.39 Å². The van der Waals surface area contributed by atoms with Crippen LogP contribution in [0.1, 0.15) is 25.1 Å². The standard InChI is InChI=1S/C11H15FN2/c1-7-5-9-8(10(12)13-7)6-11(2,3)14(9)4/h5H,6H2,1-4H3. The van der Waals surface area contributed by atoms with Crippen LogP contribution in [-0.4, -0.2) is 17.6 Å². The lowest BCUT2D eigenvalue weighted by atomic mass is 10.0. The summed E-state index contributed by atoms with van der Waals surface area (Å²) in [5.41, 5.74) is 2.48. The van der Waals surface area contributed by atoms with E-state index in [1.165, 1.54) is 0 Å². The molecule has 14 heavy (non-hydrogen) atoms. The van der Waals surface area contributed by atoms with Gasteiger partial charge in [0, 0.05) is 36.0 Å². The molecule has 0 spiro atoms. The third-order valence-electron chi connectivity index (χ3n) is 3.06. The number of nitrogens with zero attached hydrogens (tertiary/aromatic N) is 2. The Balaban J connectivity index is 2.59. The molecule has 1 aliphatic rings. The highest BCUT2D eigenvalue weighted by molar-refractivity contribution is 5.60. The summed E-state index contributed by atoms with van der Waals surface area (Å²) in [4.78, 5) is 5.98. The Morgan fingerprint density at radius 3 is 2.79 bits per heavy atom. The Labute approximate surface area is 83.8 Å². The molecule has 0 saturated carbocycles. The zero-order valence-corrected chi connectivity index (χ0v) is 9.06. The van der Waals surface area contributed by atoms with E-state index >= 15 is 0 Å². The molecule has 1 aromatic rings. The van der Waals surface area contributed by atoms with Gasteiger partial charge in [0.1, 0.15) is 0 Å². The number of anilines is 1. The zero-order valence-electron chi connectivity index (χ0n) is 9.06. The Bertz CT molecular complexity index is 385. The van der Waals surface area contributed by atoms with Crippen LogP contribution in [0.4, 0.5) is 10.1 Å². The molecule has 0 saturated heterocycles. The van der Waals surface area contributed by atoms with Gasteiger partial charge in [-0.1, -0.05) is 0 Å². The zero-order chi connectivity index (χ0) is 10.5. The van der Waals surface area contributed by atoms with Crippen molar-refractivity contribution in [1.82, 2.24) is 4.98 Å². The highest BCUT2D eigenvalue weighted by Gasteiger charge is 2.35. The lowest BCUT2D eigenvalue weighted by molar-refractivity contribution is 0.501. The fourth-order valence-electron chi connectivity index (χ4n) is 1.99. The van der Waals surface area contributed by atoms with Gasteiger partial charge >= 0.3 is 0 Å². The van der Waals surface area contributed by atoms with Crippen molar-refractivity contribution in [3.63, 3.8) is 0 Å². The van der Waals surface area contributed by atoms with Gasteiger partial charge in [-0.25, -0.2) is 4.98 Å². The topological polar surface area (TPSA) is 16.1 Å². The summed E-state index contributed by atoms with van der Waals surface area (Å²) in [6.45, 7) is 6.05. The van der Waals surface area contributed by atoms with Gasteiger partial charge in [-0.3, -0.25) is 0 Å². The van der Waals surface area contributed by atoms with Crippen LogP contribution in [0.25, 0.3) is 0 Å². The molecule has 0 N–H and O–H groups in total. The molecule has 0 amide bonds. The first kappa shape index (κ1) is 9.44. The van der Waals surface area contributed by atoms with E-state index < -0.39 is 0 Å². The van der Waals surface area contributed by atoms with Gasteiger partial charge in [-0.05, 0) is 26.8 Å². The van der Waals surface area contributed by atoms with Crippen molar-refractivity contribution in [2.24, 2.45) is 0 Å². The number of rotatable bonds is 0. The Hall–Kier alpha value is -1.12. The average Bonchev–Trinajstić information content (AvgIpc) is 2.28. The predicted molar refractivity (Wildman–Crippen MR) is 55.1 cm³/mol. The number of aryl methyl sites for hydroxylation is 1. The minimum Gasteiger partial charge on any atom is -0.369 e. The van der Waals surface area contributed by atoms with Crippen LogP contribution in [0, 0.1) is 12.9 Å². The van der Waals surface area contributed by atoms with E-state index in [2.05, 4.69) is 23.7 Å². The summed E-state index contributed by atoms with van der Waals surface area (Å²) < 4.78 is 13.5. The predicted octanol–water partition coefficient (Wildman–Crippen LogP) is 2.30. The van der Waals surface area contributed by atoms with Crippen LogP contribution in [0.3, 0.4) is 0 Å². The smallest absolute Gasteiger partial charge is 0.218 e. The van der Waals surface area contributed by atoms with E-state index in [1.54, 1.807) is 0 Å². The van der Waals surface area contributed by atoms with Gasteiger partial charge in [0.25, 0.3) is 0 Å². The second kappa shape index (κ2) is 2.69. The second-order valence-electron chi connectivity index (χ2n) is 4.60. The van der Waals surface area contributed by atoms with Gasteiger partial charge in [-0.15, -0.1) is 0 Å². The van der Waals surface area contributed by atoms with Crippen LogP contribution in [0.15, 0.2) is 6.07 Å². The lowest BCUT2D eigenvalue weighted by Gasteiger charge is -2.29. The molecule has 2 heterocycles. The van der Waals surface area contributed by atoms with Crippen molar-refractivity contribution in [2.45, 2.75) is 32.7 Å². The molecule has 1 aliphatic heterocycles. The summed E-state index contributed by atoms with van der Waals surface area (Å²) in [5.74, 6) is -0.308. The fraction of sp³-hybridized carbons (Fsp3) is 0.545. The first-order valence-corrected chi connectivity index (χ1v) is 4.82. The molecule has 0 atom stereocenters. The SMILES string of the molecule is Cc1cc2c(c(F)n1)CC(C)(C)N2C. The number of pyridine rings is 1.